The Morgan fingerprint density at radius 1 is 1.06 bits per heavy atom. The van der Waals surface area contributed by atoms with Crippen molar-refractivity contribution in [1.82, 2.24) is 9.80 Å². The van der Waals surface area contributed by atoms with Gasteiger partial charge < -0.3 is 9.80 Å². The van der Waals surface area contributed by atoms with Crippen molar-refractivity contribution >= 4 is 0 Å². The molecule has 0 aromatic carbocycles. The molecule has 0 saturated carbocycles. The summed E-state index contributed by atoms with van der Waals surface area (Å²) >= 11 is 0. The van der Waals surface area contributed by atoms with Crippen LogP contribution in [0.3, 0.4) is 0 Å². The number of rotatable bonds is 4. The molecule has 2 fully saturated rings. The van der Waals surface area contributed by atoms with Crippen LogP contribution in [0.5, 0.6) is 0 Å². The van der Waals surface area contributed by atoms with Gasteiger partial charge in [-0.2, -0.15) is 0 Å². The van der Waals surface area contributed by atoms with Gasteiger partial charge in [-0.3, -0.25) is 0 Å². The van der Waals surface area contributed by atoms with Crippen molar-refractivity contribution in [2.24, 2.45) is 17.3 Å². The highest BCUT2D eigenvalue weighted by molar-refractivity contribution is 4.88. The first-order chi connectivity index (χ1) is 8.40. The Balaban J connectivity index is 1.69. The molecular formula is C16H32N2. The predicted molar refractivity (Wildman–Crippen MR) is 78.8 cm³/mol. The van der Waals surface area contributed by atoms with E-state index in [2.05, 4.69) is 44.4 Å². The zero-order chi connectivity index (χ0) is 13.3. The molecular weight excluding hydrogens is 220 g/mol. The summed E-state index contributed by atoms with van der Waals surface area (Å²) in [5.74, 6) is 1.77. The Kier molecular flexibility index (Phi) is 4.38. The summed E-state index contributed by atoms with van der Waals surface area (Å²) in [4.78, 5) is 5.30. The SMILES string of the molecule is CC(C)N1CC(CN2CCC(C)(C(C)C)CC2)C1. The Labute approximate surface area is 114 Å². The molecule has 0 amide bonds. The minimum Gasteiger partial charge on any atom is -0.303 e. The molecule has 0 spiro atoms. The smallest absolute Gasteiger partial charge is 0.00388 e. The summed E-state index contributed by atoms with van der Waals surface area (Å²) in [6.45, 7) is 18.5. The molecule has 2 heterocycles. The Morgan fingerprint density at radius 2 is 1.61 bits per heavy atom. The monoisotopic (exact) mass is 252 g/mol. The summed E-state index contributed by atoms with van der Waals surface area (Å²) < 4.78 is 0. The molecule has 2 nitrogen and oxygen atoms in total. The van der Waals surface area contributed by atoms with Gasteiger partial charge in [0.1, 0.15) is 0 Å². The first-order valence-electron chi connectivity index (χ1n) is 7.87. The van der Waals surface area contributed by atoms with Crippen molar-refractivity contribution in [3.63, 3.8) is 0 Å². The fraction of sp³-hybridized carbons (Fsp3) is 1.00. The van der Waals surface area contributed by atoms with Crippen molar-refractivity contribution in [3.8, 4) is 0 Å². The molecule has 2 saturated heterocycles. The number of hydrogen-bond donors (Lipinski definition) is 0. The van der Waals surface area contributed by atoms with E-state index in [0.717, 1.165) is 17.9 Å². The topological polar surface area (TPSA) is 6.48 Å². The third-order valence-corrected chi connectivity index (χ3v) is 5.62. The minimum absolute atomic E-state index is 0.597. The Morgan fingerprint density at radius 3 is 2.06 bits per heavy atom. The lowest BCUT2D eigenvalue weighted by molar-refractivity contribution is 0.0160. The summed E-state index contributed by atoms with van der Waals surface area (Å²) in [5, 5.41) is 0. The number of hydrogen-bond acceptors (Lipinski definition) is 2. The second kappa shape index (κ2) is 5.50. The first kappa shape index (κ1) is 14.3. The lowest BCUT2D eigenvalue weighted by Gasteiger charge is -2.47. The maximum atomic E-state index is 2.71. The van der Waals surface area contributed by atoms with Crippen molar-refractivity contribution in [2.45, 2.75) is 53.5 Å². The maximum Gasteiger partial charge on any atom is 0.00388 e. The largest absolute Gasteiger partial charge is 0.303 e. The average molecular weight is 252 g/mol. The van der Waals surface area contributed by atoms with E-state index < -0.39 is 0 Å². The maximum absolute atomic E-state index is 2.71. The quantitative estimate of drug-likeness (QED) is 0.758. The van der Waals surface area contributed by atoms with Crippen LogP contribution in [0.15, 0.2) is 0 Å². The van der Waals surface area contributed by atoms with Gasteiger partial charge in [0.15, 0.2) is 0 Å². The van der Waals surface area contributed by atoms with Crippen molar-refractivity contribution in [3.05, 3.63) is 0 Å². The van der Waals surface area contributed by atoms with Crippen LogP contribution < -0.4 is 0 Å². The Hall–Kier alpha value is -0.0800. The molecule has 0 unspecified atom stereocenters. The first-order valence-corrected chi connectivity index (χ1v) is 7.87. The second-order valence-electron chi connectivity index (χ2n) is 7.52. The predicted octanol–water partition coefficient (Wildman–Crippen LogP) is 3.08. The molecule has 0 aromatic heterocycles. The van der Waals surface area contributed by atoms with Crippen LogP contribution in [0.2, 0.25) is 0 Å². The van der Waals surface area contributed by atoms with Crippen LogP contribution in [0.1, 0.15) is 47.5 Å². The lowest BCUT2D eigenvalue weighted by Crippen LogP contribution is -2.55. The van der Waals surface area contributed by atoms with Crippen molar-refractivity contribution < 1.29 is 0 Å². The molecule has 0 aromatic rings. The van der Waals surface area contributed by atoms with Crippen LogP contribution in [-0.4, -0.2) is 48.6 Å². The van der Waals surface area contributed by atoms with E-state index in [1.54, 1.807) is 0 Å². The molecule has 2 aliphatic heterocycles. The summed E-state index contributed by atoms with van der Waals surface area (Å²) in [6.07, 6.45) is 2.79. The zero-order valence-electron chi connectivity index (χ0n) is 13.1. The fourth-order valence-electron chi connectivity index (χ4n) is 3.34. The van der Waals surface area contributed by atoms with E-state index in [1.165, 1.54) is 45.6 Å². The molecule has 0 atom stereocenters. The summed E-state index contributed by atoms with van der Waals surface area (Å²) in [5.41, 5.74) is 0.597. The molecule has 2 rings (SSSR count). The van der Waals surface area contributed by atoms with Crippen LogP contribution >= 0.6 is 0 Å². The lowest BCUT2D eigenvalue weighted by atomic mass is 9.72. The van der Waals surface area contributed by atoms with Crippen molar-refractivity contribution in [1.29, 1.82) is 0 Å². The van der Waals surface area contributed by atoms with Crippen LogP contribution in [0.4, 0.5) is 0 Å². The molecule has 0 N–H and O–H groups in total. The van der Waals surface area contributed by atoms with Crippen LogP contribution in [0.25, 0.3) is 0 Å². The van der Waals surface area contributed by atoms with Gasteiger partial charge >= 0.3 is 0 Å². The van der Waals surface area contributed by atoms with Gasteiger partial charge in [0.25, 0.3) is 0 Å². The summed E-state index contributed by atoms with van der Waals surface area (Å²) in [6, 6.07) is 0.742. The van der Waals surface area contributed by atoms with Gasteiger partial charge in [-0.1, -0.05) is 20.8 Å². The number of piperidine rings is 1. The minimum atomic E-state index is 0.597. The van der Waals surface area contributed by atoms with E-state index in [0.29, 0.717) is 5.41 Å². The fourth-order valence-corrected chi connectivity index (χ4v) is 3.34. The van der Waals surface area contributed by atoms with Gasteiger partial charge in [-0.05, 0) is 57.0 Å². The Bertz CT molecular complexity index is 258. The van der Waals surface area contributed by atoms with Crippen LogP contribution in [-0.2, 0) is 0 Å². The van der Waals surface area contributed by atoms with E-state index in [4.69, 9.17) is 0 Å². The normalized spacial score (nSPS) is 26.8. The zero-order valence-corrected chi connectivity index (χ0v) is 13.1. The molecule has 2 aliphatic rings. The van der Waals surface area contributed by atoms with E-state index >= 15 is 0 Å². The number of nitrogens with zero attached hydrogens (tertiary/aromatic N) is 2. The molecule has 0 bridgehead atoms. The van der Waals surface area contributed by atoms with Gasteiger partial charge in [-0.25, -0.2) is 0 Å². The molecule has 106 valence electrons. The molecule has 0 aliphatic carbocycles. The molecule has 0 radical (unpaired) electrons. The summed E-state index contributed by atoms with van der Waals surface area (Å²) in [7, 11) is 0. The standard InChI is InChI=1S/C16H32N2/c1-13(2)16(5)6-8-17(9-7-16)10-15-11-18(12-15)14(3)4/h13-15H,6-12H2,1-5H3. The van der Waals surface area contributed by atoms with Gasteiger partial charge in [0.05, 0.1) is 0 Å². The second-order valence-corrected chi connectivity index (χ2v) is 7.52. The molecule has 18 heavy (non-hydrogen) atoms. The van der Waals surface area contributed by atoms with Gasteiger partial charge in [0, 0.05) is 25.7 Å². The highest BCUT2D eigenvalue weighted by atomic mass is 15.2. The third kappa shape index (κ3) is 3.08. The van der Waals surface area contributed by atoms with Crippen molar-refractivity contribution in [2.75, 3.05) is 32.7 Å². The van der Waals surface area contributed by atoms with E-state index in [-0.39, 0.29) is 0 Å². The van der Waals surface area contributed by atoms with Gasteiger partial charge in [-0.15, -0.1) is 0 Å². The molecule has 2 heteroatoms. The van der Waals surface area contributed by atoms with Gasteiger partial charge in [0.2, 0.25) is 0 Å². The number of likely N-dealkylation sites (tertiary alicyclic amines) is 2. The highest BCUT2D eigenvalue weighted by Crippen LogP contribution is 2.38. The highest BCUT2D eigenvalue weighted by Gasteiger charge is 2.35. The van der Waals surface area contributed by atoms with E-state index in [9.17, 15) is 0 Å². The third-order valence-electron chi connectivity index (χ3n) is 5.62. The van der Waals surface area contributed by atoms with E-state index in [1.807, 2.05) is 0 Å². The average Bonchev–Trinajstić information content (AvgIpc) is 2.24. The van der Waals surface area contributed by atoms with Crippen LogP contribution in [0, 0.1) is 17.3 Å².